The van der Waals surface area contributed by atoms with Crippen molar-refractivity contribution in [2.24, 2.45) is 17.6 Å². The Hall–Kier alpha value is -0.0800. The molecule has 2 unspecified atom stereocenters. The van der Waals surface area contributed by atoms with Crippen LogP contribution in [-0.2, 0) is 0 Å². The minimum atomic E-state index is 0.611. The molecule has 1 saturated heterocycles. The van der Waals surface area contributed by atoms with Gasteiger partial charge in [0.05, 0.1) is 0 Å². The molecule has 0 aromatic carbocycles. The first-order chi connectivity index (χ1) is 7.06. The molecule has 0 aromatic heterocycles. The third-order valence-electron chi connectivity index (χ3n) is 3.60. The Morgan fingerprint density at radius 2 is 1.93 bits per heavy atom. The molecule has 0 aliphatic carbocycles. The van der Waals surface area contributed by atoms with Gasteiger partial charge in [0.2, 0.25) is 0 Å². The van der Waals surface area contributed by atoms with E-state index in [0.717, 1.165) is 24.4 Å². The van der Waals surface area contributed by atoms with Crippen LogP contribution in [0, 0.1) is 11.8 Å². The summed E-state index contributed by atoms with van der Waals surface area (Å²) in [7, 11) is 0. The molecule has 1 aliphatic rings. The third kappa shape index (κ3) is 3.46. The van der Waals surface area contributed by atoms with Crippen LogP contribution in [0.4, 0.5) is 0 Å². The van der Waals surface area contributed by atoms with Gasteiger partial charge in [-0.2, -0.15) is 0 Å². The Bertz CT molecular complexity index is 177. The van der Waals surface area contributed by atoms with Crippen molar-refractivity contribution in [1.82, 2.24) is 4.90 Å². The van der Waals surface area contributed by atoms with Crippen molar-refractivity contribution >= 4 is 0 Å². The van der Waals surface area contributed by atoms with Gasteiger partial charge >= 0.3 is 0 Å². The van der Waals surface area contributed by atoms with Gasteiger partial charge in [-0.05, 0) is 37.6 Å². The van der Waals surface area contributed by atoms with E-state index in [1.54, 1.807) is 0 Å². The van der Waals surface area contributed by atoms with Crippen LogP contribution in [0.5, 0.6) is 0 Å². The average Bonchev–Trinajstić information content (AvgIpc) is 2.62. The predicted molar refractivity (Wildman–Crippen MR) is 66.9 cm³/mol. The number of nitrogens with zero attached hydrogens (tertiary/aromatic N) is 1. The molecular weight excluding hydrogens is 184 g/mol. The molecular formula is C13H28N2. The number of hydrogen-bond donors (Lipinski definition) is 1. The molecule has 0 aromatic rings. The second-order valence-corrected chi connectivity index (χ2v) is 5.71. The van der Waals surface area contributed by atoms with E-state index in [1.165, 1.54) is 25.8 Å². The second-order valence-electron chi connectivity index (χ2n) is 5.71. The summed E-state index contributed by atoms with van der Waals surface area (Å²) in [6.45, 7) is 11.4. The summed E-state index contributed by atoms with van der Waals surface area (Å²) < 4.78 is 0. The number of nitrogens with two attached hydrogens (primary N) is 1. The van der Waals surface area contributed by atoms with E-state index in [0.29, 0.717) is 6.04 Å². The van der Waals surface area contributed by atoms with Gasteiger partial charge in [0.1, 0.15) is 0 Å². The molecule has 2 N–H and O–H groups in total. The van der Waals surface area contributed by atoms with E-state index in [-0.39, 0.29) is 0 Å². The quantitative estimate of drug-likeness (QED) is 0.758. The smallest absolute Gasteiger partial charge is 0.0223 e. The van der Waals surface area contributed by atoms with Crippen molar-refractivity contribution in [1.29, 1.82) is 0 Å². The fraction of sp³-hybridized carbons (Fsp3) is 1.00. The molecule has 1 heterocycles. The summed E-state index contributed by atoms with van der Waals surface area (Å²) in [5.74, 6) is 1.53. The summed E-state index contributed by atoms with van der Waals surface area (Å²) in [6.07, 6.45) is 3.98. The van der Waals surface area contributed by atoms with Crippen molar-refractivity contribution in [3.05, 3.63) is 0 Å². The highest BCUT2D eigenvalue weighted by molar-refractivity contribution is 4.87. The molecule has 2 atom stereocenters. The second kappa shape index (κ2) is 5.86. The molecule has 2 heteroatoms. The van der Waals surface area contributed by atoms with E-state index in [2.05, 4.69) is 32.6 Å². The SMILES string of the molecule is CC(C)CC(CN)N1CCCC1C(C)C. The van der Waals surface area contributed by atoms with Crippen molar-refractivity contribution < 1.29 is 0 Å². The van der Waals surface area contributed by atoms with Crippen LogP contribution in [0.15, 0.2) is 0 Å². The maximum Gasteiger partial charge on any atom is 0.0223 e. The Morgan fingerprint density at radius 3 is 2.40 bits per heavy atom. The normalized spacial score (nSPS) is 25.4. The van der Waals surface area contributed by atoms with Crippen molar-refractivity contribution in [2.75, 3.05) is 13.1 Å². The van der Waals surface area contributed by atoms with Gasteiger partial charge in [-0.3, -0.25) is 4.90 Å². The molecule has 1 aliphatic heterocycles. The van der Waals surface area contributed by atoms with Crippen LogP contribution in [0.2, 0.25) is 0 Å². The maximum atomic E-state index is 5.92. The fourth-order valence-electron chi connectivity index (χ4n) is 2.90. The first-order valence-electron chi connectivity index (χ1n) is 6.52. The molecule has 0 bridgehead atoms. The van der Waals surface area contributed by atoms with E-state index < -0.39 is 0 Å². The first kappa shape index (κ1) is 13.0. The Morgan fingerprint density at radius 1 is 1.27 bits per heavy atom. The summed E-state index contributed by atoms with van der Waals surface area (Å²) in [5, 5.41) is 0. The summed E-state index contributed by atoms with van der Waals surface area (Å²) in [4.78, 5) is 2.67. The summed E-state index contributed by atoms with van der Waals surface area (Å²) in [5.41, 5.74) is 5.92. The zero-order chi connectivity index (χ0) is 11.4. The lowest BCUT2D eigenvalue weighted by molar-refractivity contribution is 0.133. The van der Waals surface area contributed by atoms with Crippen LogP contribution < -0.4 is 5.73 Å². The minimum Gasteiger partial charge on any atom is -0.329 e. The van der Waals surface area contributed by atoms with Gasteiger partial charge in [0.25, 0.3) is 0 Å². The van der Waals surface area contributed by atoms with E-state index >= 15 is 0 Å². The van der Waals surface area contributed by atoms with Gasteiger partial charge in [-0.15, -0.1) is 0 Å². The van der Waals surface area contributed by atoms with Gasteiger partial charge in [-0.1, -0.05) is 27.7 Å². The van der Waals surface area contributed by atoms with Crippen molar-refractivity contribution in [3.8, 4) is 0 Å². The number of likely N-dealkylation sites (tertiary alicyclic amines) is 1. The van der Waals surface area contributed by atoms with Gasteiger partial charge in [0.15, 0.2) is 0 Å². The standard InChI is InChI=1S/C13H28N2/c1-10(2)8-12(9-14)15-7-5-6-13(15)11(3)4/h10-13H,5-9,14H2,1-4H3. The highest BCUT2D eigenvalue weighted by Crippen LogP contribution is 2.27. The Kier molecular flexibility index (Phi) is 5.07. The zero-order valence-corrected chi connectivity index (χ0v) is 10.9. The molecule has 0 radical (unpaired) electrons. The average molecular weight is 212 g/mol. The Balaban J connectivity index is 2.58. The van der Waals surface area contributed by atoms with Crippen LogP contribution in [0.3, 0.4) is 0 Å². The molecule has 15 heavy (non-hydrogen) atoms. The lowest BCUT2D eigenvalue weighted by Gasteiger charge is -2.35. The first-order valence-corrected chi connectivity index (χ1v) is 6.52. The molecule has 90 valence electrons. The minimum absolute atomic E-state index is 0.611. The van der Waals surface area contributed by atoms with Crippen molar-refractivity contribution in [2.45, 2.75) is 59.0 Å². The largest absolute Gasteiger partial charge is 0.329 e. The van der Waals surface area contributed by atoms with E-state index in [9.17, 15) is 0 Å². The lowest BCUT2D eigenvalue weighted by Crippen LogP contribution is -2.46. The molecule has 2 nitrogen and oxygen atoms in total. The summed E-state index contributed by atoms with van der Waals surface area (Å²) >= 11 is 0. The van der Waals surface area contributed by atoms with Crippen LogP contribution >= 0.6 is 0 Å². The van der Waals surface area contributed by atoms with Gasteiger partial charge < -0.3 is 5.73 Å². The molecule has 0 saturated carbocycles. The molecule has 1 rings (SSSR count). The zero-order valence-electron chi connectivity index (χ0n) is 10.9. The van der Waals surface area contributed by atoms with Crippen LogP contribution in [-0.4, -0.2) is 30.1 Å². The van der Waals surface area contributed by atoms with Gasteiger partial charge in [-0.25, -0.2) is 0 Å². The predicted octanol–water partition coefficient (Wildman–Crippen LogP) is 2.48. The van der Waals surface area contributed by atoms with Crippen molar-refractivity contribution in [3.63, 3.8) is 0 Å². The van der Waals surface area contributed by atoms with E-state index in [4.69, 9.17) is 5.73 Å². The molecule has 0 spiro atoms. The third-order valence-corrected chi connectivity index (χ3v) is 3.60. The maximum absolute atomic E-state index is 5.92. The highest BCUT2D eigenvalue weighted by atomic mass is 15.2. The monoisotopic (exact) mass is 212 g/mol. The Labute approximate surface area is 95.2 Å². The molecule has 0 amide bonds. The van der Waals surface area contributed by atoms with Crippen LogP contribution in [0.25, 0.3) is 0 Å². The lowest BCUT2D eigenvalue weighted by atomic mass is 9.97. The highest BCUT2D eigenvalue weighted by Gasteiger charge is 2.31. The summed E-state index contributed by atoms with van der Waals surface area (Å²) in [6, 6.07) is 1.39. The van der Waals surface area contributed by atoms with Gasteiger partial charge in [0, 0.05) is 18.6 Å². The van der Waals surface area contributed by atoms with E-state index in [1.807, 2.05) is 0 Å². The number of hydrogen-bond acceptors (Lipinski definition) is 2. The van der Waals surface area contributed by atoms with Crippen LogP contribution in [0.1, 0.15) is 47.0 Å². The molecule has 1 fully saturated rings. The topological polar surface area (TPSA) is 29.3 Å². The number of rotatable bonds is 5. The fourth-order valence-corrected chi connectivity index (χ4v) is 2.90.